The van der Waals surface area contributed by atoms with Crippen LogP contribution in [0.3, 0.4) is 0 Å². The molecule has 0 fully saturated rings. The minimum absolute atomic E-state index is 0. The van der Waals surface area contributed by atoms with Crippen LogP contribution >= 0.6 is 12.4 Å². The van der Waals surface area contributed by atoms with Crippen LogP contribution < -0.4 is 11.4 Å². The number of hydrogen-bond acceptors (Lipinski definition) is 3. The molecule has 1 rings (SSSR count). The summed E-state index contributed by atoms with van der Waals surface area (Å²) in [5.74, 6) is 0.569. The summed E-state index contributed by atoms with van der Waals surface area (Å²) in [6.07, 6.45) is 0. The Balaban J connectivity index is 0.000000810. The lowest BCUT2D eigenvalue weighted by Crippen LogP contribution is -2.15. The van der Waals surface area contributed by atoms with Gasteiger partial charge in [0.25, 0.3) is 0 Å². The molecule has 0 atom stereocenters. The fourth-order valence-corrected chi connectivity index (χ4v) is 0.562. The molecule has 1 heterocycles. The van der Waals surface area contributed by atoms with E-state index < -0.39 is 0 Å². The number of nitrogens with one attached hydrogen (secondary N) is 1. The number of nitrogens with two attached hydrogens (primary N) is 1. The summed E-state index contributed by atoms with van der Waals surface area (Å²) in [5, 5.41) is 5.90. The maximum atomic E-state index is 10.6. The summed E-state index contributed by atoms with van der Waals surface area (Å²) in [4.78, 5) is 10.6. The predicted octanol–water partition coefficient (Wildman–Crippen LogP) is -1.01. The molecule has 1 aromatic heterocycles. The molecule has 1 aromatic rings. The average Bonchev–Trinajstić information content (AvgIpc) is 2.15. The summed E-state index contributed by atoms with van der Waals surface area (Å²) < 4.78 is 1.38. The number of hydrogen-bond donors (Lipinski definition) is 2. The van der Waals surface area contributed by atoms with Crippen LogP contribution in [-0.4, -0.2) is 14.8 Å². The Kier molecular flexibility index (Phi) is 3.11. The van der Waals surface area contributed by atoms with E-state index in [1.54, 1.807) is 7.05 Å². The molecule has 0 aliphatic carbocycles. The third-order valence-electron chi connectivity index (χ3n) is 1.15. The van der Waals surface area contributed by atoms with E-state index in [9.17, 15) is 4.79 Å². The van der Waals surface area contributed by atoms with E-state index in [0.29, 0.717) is 5.82 Å². The molecule has 0 saturated heterocycles. The lowest BCUT2D eigenvalue weighted by Gasteiger charge is -1.89. The van der Waals surface area contributed by atoms with Crippen LogP contribution in [0.5, 0.6) is 0 Å². The lowest BCUT2D eigenvalue weighted by molar-refractivity contribution is 0.774. The number of aromatic amines is 1. The highest BCUT2D eigenvalue weighted by Gasteiger charge is 1.98. The third-order valence-corrected chi connectivity index (χ3v) is 1.15. The molecule has 0 aromatic carbocycles. The Hall–Kier alpha value is -0.810. The Morgan fingerprint density at radius 1 is 1.80 bits per heavy atom. The van der Waals surface area contributed by atoms with Crippen molar-refractivity contribution in [2.45, 2.75) is 6.54 Å². The van der Waals surface area contributed by atoms with Crippen molar-refractivity contribution in [2.24, 2.45) is 12.8 Å². The van der Waals surface area contributed by atoms with Crippen molar-refractivity contribution in [3.8, 4) is 0 Å². The predicted molar refractivity (Wildman–Crippen MR) is 39.0 cm³/mol. The second kappa shape index (κ2) is 3.38. The molecule has 0 aliphatic heterocycles. The average molecular weight is 165 g/mol. The van der Waals surface area contributed by atoms with Crippen LogP contribution in [0, 0.1) is 0 Å². The Morgan fingerprint density at radius 2 is 2.40 bits per heavy atom. The van der Waals surface area contributed by atoms with Crippen molar-refractivity contribution in [1.29, 1.82) is 0 Å². The molecule has 5 nitrogen and oxygen atoms in total. The lowest BCUT2D eigenvalue weighted by atomic mass is 10.6. The number of halogens is 1. The van der Waals surface area contributed by atoms with Gasteiger partial charge in [0, 0.05) is 7.05 Å². The SMILES string of the molecule is Cl.Cn1c(CN)n[nH]c1=O. The molecule has 10 heavy (non-hydrogen) atoms. The second-order valence-corrected chi connectivity index (χ2v) is 1.71. The first-order chi connectivity index (χ1) is 4.25. The molecule has 0 bridgehead atoms. The van der Waals surface area contributed by atoms with Gasteiger partial charge < -0.3 is 5.73 Å². The van der Waals surface area contributed by atoms with Gasteiger partial charge in [-0.25, -0.2) is 9.89 Å². The highest BCUT2D eigenvalue weighted by atomic mass is 35.5. The second-order valence-electron chi connectivity index (χ2n) is 1.71. The quantitative estimate of drug-likeness (QED) is 0.559. The van der Waals surface area contributed by atoms with Crippen LogP contribution in [0.1, 0.15) is 5.82 Å². The van der Waals surface area contributed by atoms with Gasteiger partial charge in [0.2, 0.25) is 0 Å². The first kappa shape index (κ1) is 9.19. The summed E-state index contributed by atoms with van der Waals surface area (Å²) in [5.41, 5.74) is 5.00. The van der Waals surface area contributed by atoms with Crippen molar-refractivity contribution in [1.82, 2.24) is 14.8 Å². The highest BCUT2D eigenvalue weighted by molar-refractivity contribution is 5.85. The van der Waals surface area contributed by atoms with Gasteiger partial charge in [-0.1, -0.05) is 0 Å². The zero-order valence-electron chi connectivity index (χ0n) is 5.50. The van der Waals surface area contributed by atoms with Gasteiger partial charge in [0.05, 0.1) is 6.54 Å². The molecular weight excluding hydrogens is 156 g/mol. The van der Waals surface area contributed by atoms with Crippen LogP contribution in [-0.2, 0) is 13.6 Å². The van der Waals surface area contributed by atoms with Crippen molar-refractivity contribution in [3.63, 3.8) is 0 Å². The fraction of sp³-hybridized carbons (Fsp3) is 0.500. The normalized spacial score (nSPS) is 9.00. The maximum absolute atomic E-state index is 10.6. The summed E-state index contributed by atoms with van der Waals surface area (Å²) >= 11 is 0. The summed E-state index contributed by atoms with van der Waals surface area (Å²) in [7, 11) is 1.62. The van der Waals surface area contributed by atoms with E-state index in [2.05, 4.69) is 10.2 Å². The van der Waals surface area contributed by atoms with Crippen molar-refractivity contribution in [3.05, 3.63) is 16.3 Å². The minimum atomic E-state index is -0.226. The van der Waals surface area contributed by atoms with Crippen molar-refractivity contribution >= 4 is 12.4 Å². The third kappa shape index (κ3) is 1.37. The van der Waals surface area contributed by atoms with Gasteiger partial charge in [-0.05, 0) is 0 Å². The van der Waals surface area contributed by atoms with Crippen LogP contribution in [0.2, 0.25) is 0 Å². The van der Waals surface area contributed by atoms with Crippen LogP contribution in [0.15, 0.2) is 4.79 Å². The number of H-pyrrole nitrogens is 1. The molecule has 58 valence electrons. The number of aromatic nitrogens is 3. The standard InChI is InChI=1S/C4H8N4O.ClH/c1-8-3(2-5)6-7-4(8)9;/h2,5H2,1H3,(H,7,9);1H. The molecule has 6 heteroatoms. The molecule has 0 amide bonds. The fourth-order valence-electron chi connectivity index (χ4n) is 0.562. The minimum Gasteiger partial charge on any atom is -0.324 e. The highest BCUT2D eigenvalue weighted by Crippen LogP contribution is 1.80. The Labute approximate surface area is 63.6 Å². The van der Waals surface area contributed by atoms with Gasteiger partial charge in [0.1, 0.15) is 5.82 Å². The van der Waals surface area contributed by atoms with E-state index in [-0.39, 0.29) is 24.6 Å². The summed E-state index contributed by atoms with van der Waals surface area (Å²) in [6.45, 7) is 0.287. The Morgan fingerprint density at radius 3 is 2.60 bits per heavy atom. The smallest absolute Gasteiger partial charge is 0.324 e. The van der Waals surface area contributed by atoms with E-state index in [1.165, 1.54) is 4.57 Å². The zero-order chi connectivity index (χ0) is 6.85. The van der Waals surface area contributed by atoms with Gasteiger partial charge in [-0.3, -0.25) is 4.57 Å². The van der Waals surface area contributed by atoms with Gasteiger partial charge in [-0.2, -0.15) is 5.10 Å². The first-order valence-electron chi connectivity index (χ1n) is 2.56. The van der Waals surface area contributed by atoms with Crippen LogP contribution in [0.25, 0.3) is 0 Å². The largest absolute Gasteiger partial charge is 0.343 e. The van der Waals surface area contributed by atoms with Crippen LogP contribution in [0.4, 0.5) is 0 Å². The van der Waals surface area contributed by atoms with Crippen molar-refractivity contribution < 1.29 is 0 Å². The molecule has 0 saturated carbocycles. The molecule has 0 unspecified atom stereocenters. The number of nitrogens with zero attached hydrogens (tertiary/aromatic N) is 2. The zero-order valence-corrected chi connectivity index (χ0v) is 6.31. The number of rotatable bonds is 1. The van der Waals surface area contributed by atoms with Gasteiger partial charge in [-0.15, -0.1) is 12.4 Å². The molecular formula is C4H9ClN4O. The van der Waals surface area contributed by atoms with Crippen molar-refractivity contribution in [2.75, 3.05) is 0 Å². The van der Waals surface area contributed by atoms with E-state index in [4.69, 9.17) is 5.73 Å². The van der Waals surface area contributed by atoms with E-state index in [1.807, 2.05) is 0 Å². The topological polar surface area (TPSA) is 76.7 Å². The monoisotopic (exact) mass is 164 g/mol. The molecule has 0 spiro atoms. The Bertz CT molecular complexity index is 252. The van der Waals surface area contributed by atoms with Gasteiger partial charge in [0.15, 0.2) is 0 Å². The first-order valence-corrected chi connectivity index (χ1v) is 2.56. The summed E-state index contributed by atoms with van der Waals surface area (Å²) in [6, 6.07) is 0. The molecule has 0 aliphatic rings. The van der Waals surface area contributed by atoms with E-state index >= 15 is 0 Å². The molecule has 3 N–H and O–H groups in total. The maximum Gasteiger partial charge on any atom is 0.343 e. The van der Waals surface area contributed by atoms with Gasteiger partial charge >= 0.3 is 5.69 Å². The molecule has 0 radical (unpaired) electrons. The van der Waals surface area contributed by atoms with E-state index in [0.717, 1.165) is 0 Å².